The van der Waals surface area contributed by atoms with Crippen LogP contribution in [0.15, 0.2) is 17.5 Å². The lowest BCUT2D eigenvalue weighted by atomic mass is 10.0. The molecule has 1 aliphatic heterocycles. The third kappa shape index (κ3) is 2.37. The van der Waals surface area contributed by atoms with Gasteiger partial charge >= 0.3 is 5.97 Å². The van der Waals surface area contributed by atoms with E-state index in [9.17, 15) is 4.79 Å². The van der Waals surface area contributed by atoms with Gasteiger partial charge in [-0.3, -0.25) is 4.79 Å². The molecule has 0 aromatic carbocycles. The smallest absolute Gasteiger partial charge is 0.314 e. The Morgan fingerprint density at radius 2 is 2.47 bits per heavy atom. The summed E-state index contributed by atoms with van der Waals surface area (Å²) in [7, 11) is 0. The molecule has 0 amide bonds. The first-order valence-electron chi connectivity index (χ1n) is 4.74. The Kier molecular flexibility index (Phi) is 3.35. The highest BCUT2D eigenvalue weighted by atomic mass is 32.1. The Labute approximate surface area is 91.4 Å². The number of hydrogen-bond acceptors (Lipinski definition) is 4. The normalized spacial score (nSPS) is 23.6. The Balaban J connectivity index is 2.15. The Morgan fingerprint density at radius 3 is 3.00 bits per heavy atom. The van der Waals surface area contributed by atoms with E-state index in [2.05, 4.69) is 0 Å². The summed E-state index contributed by atoms with van der Waals surface area (Å²) in [5, 5.41) is 11.0. The van der Waals surface area contributed by atoms with Crippen LogP contribution in [0, 0.1) is 0 Å². The maximum absolute atomic E-state index is 11.2. The molecule has 1 aromatic rings. The number of carboxylic acids is 1. The number of carboxylic acid groups (broad SMARTS) is 1. The highest BCUT2D eigenvalue weighted by Gasteiger charge is 2.33. The van der Waals surface area contributed by atoms with Gasteiger partial charge in [-0.1, -0.05) is 6.07 Å². The molecule has 2 atom stereocenters. The van der Waals surface area contributed by atoms with Crippen molar-refractivity contribution in [3.8, 4) is 0 Å². The first-order valence-corrected chi connectivity index (χ1v) is 5.62. The molecule has 1 N–H and O–H groups in total. The topological polar surface area (TPSA) is 55.8 Å². The molecule has 4 nitrogen and oxygen atoms in total. The molecule has 2 rings (SSSR count). The summed E-state index contributed by atoms with van der Waals surface area (Å²) in [6.07, 6.45) is -0.366. The second-order valence-corrected chi connectivity index (χ2v) is 4.29. The summed E-state index contributed by atoms with van der Waals surface area (Å²) >= 11 is 1.44. The molecule has 0 radical (unpaired) electrons. The van der Waals surface area contributed by atoms with E-state index < -0.39 is 11.9 Å². The number of ether oxygens (including phenoxy) is 2. The minimum Gasteiger partial charge on any atom is -0.481 e. The van der Waals surface area contributed by atoms with Gasteiger partial charge < -0.3 is 14.6 Å². The van der Waals surface area contributed by atoms with Gasteiger partial charge in [-0.2, -0.15) is 0 Å². The summed E-state index contributed by atoms with van der Waals surface area (Å²) in [4.78, 5) is 12.0. The number of aliphatic carboxylic acids is 1. The molecule has 0 bridgehead atoms. The van der Waals surface area contributed by atoms with E-state index in [1.54, 1.807) is 0 Å². The van der Waals surface area contributed by atoms with Crippen LogP contribution in [-0.4, -0.2) is 37.0 Å². The SMILES string of the molecule is O=C(O)C(c1cccs1)C1COCCO1. The Hall–Kier alpha value is -0.910. The van der Waals surface area contributed by atoms with E-state index in [1.807, 2.05) is 17.5 Å². The number of rotatable bonds is 3. The van der Waals surface area contributed by atoms with Crippen molar-refractivity contribution in [3.05, 3.63) is 22.4 Å². The van der Waals surface area contributed by atoms with Crippen molar-refractivity contribution in [2.24, 2.45) is 0 Å². The molecule has 1 aromatic heterocycles. The number of thiophene rings is 1. The fourth-order valence-corrected chi connectivity index (χ4v) is 2.50. The van der Waals surface area contributed by atoms with E-state index >= 15 is 0 Å². The van der Waals surface area contributed by atoms with Crippen molar-refractivity contribution >= 4 is 17.3 Å². The molecule has 82 valence electrons. The zero-order chi connectivity index (χ0) is 10.7. The highest BCUT2D eigenvalue weighted by Crippen LogP contribution is 2.27. The summed E-state index contributed by atoms with van der Waals surface area (Å²) in [6, 6.07) is 3.67. The predicted octanol–water partition coefficient (Wildman–Crippen LogP) is 1.33. The molecule has 0 saturated carbocycles. The summed E-state index contributed by atoms with van der Waals surface area (Å²) in [6.45, 7) is 1.38. The fourth-order valence-electron chi connectivity index (χ4n) is 1.63. The average Bonchev–Trinajstić information content (AvgIpc) is 2.72. The molecule has 5 heteroatoms. The number of hydrogen-bond donors (Lipinski definition) is 1. The molecular weight excluding hydrogens is 216 g/mol. The minimum atomic E-state index is -0.854. The van der Waals surface area contributed by atoms with Crippen LogP contribution in [0.1, 0.15) is 10.8 Å². The van der Waals surface area contributed by atoms with Crippen LogP contribution in [0.2, 0.25) is 0 Å². The summed E-state index contributed by atoms with van der Waals surface area (Å²) in [5.41, 5.74) is 0. The highest BCUT2D eigenvalue weighted by molar-refractivity contribution is 7.10. The Bertz CT molecular complexity index is 316. The van der Waals surface area contributed by atoms with Crippen molar-refractivity contribution < 1.29 is 19.4 Å². The van der Waals surface area contributed by atoms with Crippen LogP contribution in [0.3, 0.4) is 0 Å². The fraction of sp³-hybridized carbons (Fsp3) is 0.500. The van der Waals surface area contributed by atoms with Crippen LogP contribution in [-0.2, 0) is 14.3 Å². The minimum absolute atomic E-state index is 0.356. The van der Waals surface area contributed by atoms with E-state index in [-0.39, 0.29) is 6.10 Å². The first-order chi connectivity index (χ1) is 7.29. The Morgan fingerprint density at radius 1 is 1.60 bits per heavy atom. The maximum atomic E-state index is 11.2. The molecule has 2 heterocycles. The van der Waals surface area contributed by atoms with Gasteiger partial charge in [-0.25, -0.2) is 0 Å². The third-order valence-corrected chi connectivity index (χ3v) is 3.28. The molecule has 15 heavy (non-hydrogen) atoms. The predicted molar refractivity (Wildman–Crippen MR) is 55.3 cm³/mol. The van der Waals surface area contributed by atoms with Crippen LogP contribution in [0.4, 0.5) is 0 Å². The molecule has 2 unspecified atom stereocenters. The summed E-state index contributed by atoms with van der Waals surface area (Å²) < 4.78 is 10.7. The molecule has 0 spiro atoms. The molecule has 1 fully saturated rings. The van der Waals surface area contributed by atoms with Crippen molar-refractivity contribution in [2.45, 2.75) is 12.0 Å². The average molecular weight is 228 g/mol. The van der Waals surface area contributed by atoms with Gasteiger partial charge in [0.2, 0.25) is 0 Å². The van der Waals surface area contributed by atoms with Crippen LogP contribution in [0.25, 0.3) is 0 Å². The maximum Gasteiger partial charge on any atom is 0.314 e. The van der Waals surface area contributed by atoms with Crippen molar-refractivity contribution in [3.63, 3.8) is 0 Å². The lowest BCUT2D eigenvalue weighted by molar-refractivity contribution is -0.150. The van der Waals surface area contributed by atoms with E-state index in [0.717, 1.165) is 4.88 Å². The molecular formula is C10H12O4S. The van der Waals surface area contributed by atoms with Gasteiger partial charge in [0.25, 0.3) is 0 Å². The largest absolute Gasteiger partial charge is 0.481 e. The lowest BCUT2D eigenvalue weighted by Gasteiger charge is -2.27. The van der Waals surface area contributed by atoms with Gasteiger partial charge in [0.1, 0.15) is 5.92 Å². The van der Waals surface area contributed by atoms with Crippen LogP contribution in [0.5, 0.6) is 0 Å². The second kappa shape index (κ2) is 4.74. The van der Waals surface area contributed by atoms with E-state index in [4.69, 9.17) is 14.6 Å². The molecule has 1 aliphatic rings. The van der Waals surface area contributed by atoms with Crippen molar-refractivity contribution in [1.82, 2.24) is 0 Å². The van der Waals surface area contributed by atoms with Gasteiger partial charge in [0.15, 0.2) is 0 Å². The summed E-state index contributed by atoms with van der Waals surface area (Å²) in [5.74, 6) is -1.46. The zero-order valence-corrected chi connectivity index (χ0v) is 8.90. The van der Waals surface area contributed by atoms with Crippen LogP contribution < -0.4 is 0 Å². The van der Waals surface area contributed by atoms with Crippen molar-refractivity contribution in [1.29, 1.82) is 0 Å². The monoisotopic (exact) mass is 228 g/mol. The van der Waals surface area contributed by atoms with Gasteiger partial charge in [0.05, 0.1) is 25.9 Å². The van der Waals surface area contributed by atoms with E-state index in [0.29, 0.717) is 19.8 Å². The van der Waals surface area contributed by atoms with Crippen molar-refractivity contribution in [2.75, 3.05) is 19.8 Å². The quantitative estimate of drug-likeness (QED) is 0.848. The van der Waals surface area contributed by atoms with Crippen LogP contribution >= 0.6 is 11.3 Å². The number of carbonyl (C=O) groups is 1. The molecule has 1 saturated heterocycles. The zero-order valence-electron chi connectivity index (χ0n) is 8.09. The first kappa shape index (κ1) is 10.6. The van der Waals surface area contributed by atoms with E-state index in [1.165, 1.54) is 11.3 Å². The standard InChI is InChI=1S/C10H12O4S/c11-10(12)9(8-2-1-5-15-8)7-6-13-3-4-14-7/h1-2,5,7,9H,3-4,6H2,(H,11,12). The molecule has 0 aliphatic carbocycles. The lowest BCUT2D eigenvalue weighted by Crippen LogP contribution is -2.37. The third-order valence-electron chi connectivity index (χ3n) is 2.33. The second-order valence-electron chi connectivity index (χ2n) is 3.32. The van der Waals surface area contributed by atoms with Gasteiger partial charge in [0, 0.05) is 4.88 Å². The van der Waals surface area contributed by atoms with Gasteiger partial charge in [-0.15, -0.1) is 11.3 Å². The van der Waals surface area contributed by atoms with Gasteiger partial charge in [-0.05, 0) is 11.4 Å².